The molecule has 0 saturated carbocycles. The van der Waals surface area contributed by atoms with E-state index in [0.29, 0.717) is 25.1 Å². The van der Waals surface area contributed by atoms with Gasteiger partial charge in [0.2, 0.25) is 15.9 Å². The van der Waals surface area contributed by atoms with E-state index in [1.807, 2.05) is 49.4 Å². The number of hydrogen-bond donors (Lipinski definition) is 1. The van der Waals surface area contributed by atoms with Crippen LogP contribution in [0.2, 0.25) is 0 Å². The Bertz CT molecular complexity index is 833. The Balaban J connectivity index is 1.83. The molecule has 27 heavy (non-hydrogen) atoms. The zero-order chi connectivity index (χ0) is 19.9. The van der Waals surface area contributed by atoms with Gasteiger partial charge in [0.25, 0.3) is 0 Å². The summed E-state index contributed by atoms with van der Waals surface area (Å²) in [4.78, 5) is 12.1. The quantitative estimate of drug-likeness (QED) is 0.715. The molecular formula is C21H28N2O3S. The van der Waals surface area contributed by atoms with Crippen molar-refractivity contribution in [1.29, 1.82) is 0 Å². The summed E-state index contributed by atoms with van der Waals surface area (Å²) < 4.78 is 25.5. The molecule has 0 fully saturated rings. The molecule has 0 aliphatic heterocycles. The number of aryl methyl sites for hydroxylation is 1. The van der Waals surface area contributed by atoms with Crippen LogP contribution < -0.4 is 9.62 Å². The lowest BCUT2D eigenvalue weighted by Gasteiger charge is -2.22. The number of anilines is 1. The van der Waals surface area contributed by atoms with Crippen LogP contribution in [0.4, 0.5) is 5.69 Å². The van der Waals surface area contributed by atoms with Gasteiger partial charge in [0, 0.05) is 19.5 Å². The topological polar surface area (TPSA) is 66.5 Å². The molecule has 1 atom stereocenters. The first-order valence-electron chi connectivity index (χ1n) is 9.13. The zero-order valence-corrected chi connectivity index (χ0v) is 17.0. The van der Waals surface area contributed by atoms with E-state index < -0.39 is 10.0 Å². The molecule has 0 bridgehead atoms. The highest BCUT2D eigenvalue weighted by Gasteiger charge is 2.17. The standard InChI is InChI=1S/C21H28N2O3S/c1-17-11-13-20(14-12-17)23(27(3,25)26)15-7-10-21(24)22-16-18(2)19-8-5-4-6-9-19/h4-6,8-9,11-14,18H,7,10,15-16H2,1-3H3,(H,22,24). The number of nitrogens with one attached hydrogen (secondary N) is 1. The van der Waals surface area contributed by atoms with Gasteiger partial charge in [-0.15, -0.1) is 0 Å². The lowest BCUT2D eigenvalue weighted by atomic mass is 10.0. The lowest BCUT2D eigenvalue weighted by Crippen LogP contribution is -2.32. The molecule has 0 aliphatic carbocycles. The minimum absolute atomic E-state index is 0.0601. The second kappa shape index (κ2) is 9.55. The van der Waals surface area contributed by atoms with Gasteiger partial charge in [-0.2, -0.15) is 0 Å². The maximum Gasteiger partial charge on any atom is 0.232 e. The van der Waals surface area contributed by atoms with Crippen molar-refractivity contribution in [2.45, 2.75) is 32.6 Å². The van der Waals surface area contributed by atoms with Crippen LogP contribution in [0.1, 0.15) is 36.8 Å². The number of amides is 1. The van der Waals surface area contributed by atoms with Crippen LogP contribution in [-0.2, 0) is 14.8 Å². The Hall–Kier alpha value is -2.34. The molecule has 146 valence electrons. The zero-order valence-electron chi connectivity index (χ0n) is 16.2. The number of hydrogen-bond acceptors (Lipinski definition) is 3. The molecule has 2 aromatic rings. The Kier molecular flexibility index (Phi) is 7.42. The molecule has 2 aromatic carbocycles. The third kappa shape index (κ3) is 6.71. The molecule has 0 aromatic heterocycles. The first kappa shape index (κ1) is 21.0. The van der Waals surface area contributed by atoms with Crippen molar-refractivity contribution in [2.75, 3.05) is 23.7 Å². The van der Waals surface area contributed by atoms with Crippen molar-refractivity contribution in [3.05, 3.63) is 65.7 Å². The summed E-state index contributed by atoms with van der Waals surface area (Å²) in [6.45, 7) is 4.87. The number of benzene rings is 2. The van der Waals surface area contributed by atoms with Crippen molar-refractivity contribution >= 4 is 21.6 Å². The van der Waals surface area contributed by atoms with Gasteiger partial charge < -0.3 is 5.32 Å². The van der Waals surface area contributed by atoms with Crippen LogP contribution in [0, 0.1) is 6.92 Å². The molecule has 1 N–H and O–H groups in total. The van der Waals surface area contributed by atoms with Gasteiger partial charge in [-0.25, -0.2) is 8.42 Å². The fourth-order valence-corrected chi connectivity index (χ4v) is 3.80. The smallest absolute Gasteiger partial charge is 0.232 e. The van der Waals surface area contributed by atoms with E-state index in [2.05, 4.69) is 12.2 Å². The monoisotopic (exact) mass is 388 g/mol. The Morgan fingerprint density at radius 3 is 2.30 bits per heavy atom. The average Bonchev–Trinajstić information content (AvgIpc) is 2.64. The van der Waals surface area contributed by atoms with E-state index in [4.69, 9.17) is 0 Å². The maximum absolute atomic E-state index is 12.1. The summed E-state index contributed by atoms with van der Waals surface area (Å²) in [7, 11) is -3.39. The van der Waals surface area contributed by atoms with Crippen molar-refractivity contribution in [2.24, 2.45) is 0 Å². The summed E-state index contributed by atoms with van der Waals surface area (Å²) in [6.07, 6.45) is 1.94. The van der Waals surface area contributed by atoms with Gasteiger partial charge in [-0.1, -0.05) is 55.0 Å². The van der Waals surface area contributed by atoms with E-state index >= 15 is 0 Å². The molecule has 1 unspecified atom stereocenters. The van der Waals surface area contributed by atoms with E-state index in [1.54, 1.807) is 12.1 Å². The van der Waals surface area contributed by atoms with Crippen LogP contribution in [-0.4, -0.2) is 33.7 Å². The molecule has 5 nitrogen and oxygen atoms in total. The molecule has 0 heterocycles. The van der Waals surface area contributed by atoms with Gasteiger partial charge in [0.15, 0.2) is 0 Å². The number of carbonyl (C=O) groups excluding carboxylic acids is 1. The van der Waals surface area contributed by atoms with Crippen LogP contribution >= 0.6 is 0 Å². The van der Waals surface area contributed by atoms with E-state index in [1.165, 1.54) is 16.1 Å². The fraction of sp³-hybridized carbons (Fsp3) is 0.381. The number of rotatable bonds is 9. The summed E-state index contributed by atoms with van der Waals surface area (Å²) >= 11 is 0. The van der Waals surface area contributed by atoms with Crippen molar-refractivity contribution in [3.63, 3.8) is 0 Å². The Morgan fingerprint density at radius 1 is 1.07 bits per heavy atom. The van der Waals surface area contributed by atoms with Gasteiger partial charge in [-0.05, 0) is 37.0 Å². The highest BCUT2D eigenvalue weighted by molar-refractivity contribution is 7.92. The molecule has 0 saturated heterocycles. The third-order valence-corrected chi connectivity index (χ3v) is 5.66. The molecule has 2 rings (SSSR count). The summed E-state index contributed by atoms with van der Waals surface area (Å²) in [5.41, 5.74) is 2.88. The minimum Gasteiger partial charge on any atom is -0.356 e. The maximum atomic E-state index is 12.1. The van der Waals surface area contributed by atoms with Crippen molar-refractivity contribution < 1.29 is 13.2 Å². The second-order valence-corrected chi connectivity index (χ2v) is 8.80. The predicted octanol–water partition coefficient (Wildman–Crippen LogP) is 3.46. The van der Waals surface area contributed by atoms with E-state index in [0.717, 1.165) is 5.56 Å². The highest BCUT2D eigenvalue weighted by Crippen LogP contribution is 2.19. The largest absolute Gasteiger partial charge is 0.356 e. The van der Waals surface area contributed by atoms with Gasteiger partial charge in [-0.3, -0.25) is 9.10 Å². The molecule has 0 aliphatic rings. The summed E-state index contributed by atoms with van der Waals surface area (Å²) in [6, 6.07) is 17.4. The third-order valence-electron chi connectivity index (χ3n) is 4.46. The Labute approximate surface area is 162 Å². The van der Waals surface area contributed by atoms with Gasteiger partial charge in [0.1, 0.15) is 0 Å². The summed E-state index contributed by atoms with van der Waals surface area (Å²) in [5.74, 6) is 0.172. The van der Waals surface area contributed by atoms with Gasteiger partial charge in [0.05, 0.1) is 11.9 Å². The van der Waals surface area contributed by atoms with Gasteiger partial charge >= 0.3 is 0 Å². The Morgan fingerprint density at radius 2 is 1.70 bits per heavy atom. The molecule has 6 heteroatoms. The second-order valence-electron chi connectivity index (χ2n) is 6.89. The first-order valence-corrected chi connectivity index (χ1v) is 11.0. The lowest BCUT2D eigenvalue weighted by molar-refractivity contribution is -0.121. The molecule has 0 spiro atoms. The first-order chi connectivity index (χ1) is 12.8. The molecule has 1 amide bonds. The molecule has 0 radical (unpaired) electrons. The highest BCUT2D eigenvalue weighted by atomic mass is 32.2. The summed E-state index contributed by atoms with van der Waals surface area (Å²) in [5, 5.41) is 2.93. The number of nitrogens with zero attached hydrogens (tertiary/aromatic N) is 1. The minimum atomic E-state index is -3.39. The van der Waals surface area contributed by atoms with Crippen molar-refractivity contribution in [1.82, 2.24) is 5.32 Å². The van der Waals surface area contributed by atoms with Crippen LogP contribution in [0.15, 0.2) is 54.6 Å². The normalized spacial score (nSPS) is 12.4. The van der Waals surface area contributed by atoms with E-state index in [9.17, 15) is 13.2 Å². The fourth-order valence-electron chi connectivity index (χ4n) is 2.84. The van der Waals surface area contributed by atoms with Crippen LogP contribution in [0.5, 0.6) is 0 Å². The predicted molar refractivity (Wildman–Crippen MR) is 110 cm³/mol. The average molecular weight is 389 g/mol. The van der Waals surface area contributed by atoms with Crippen LogP contribution in [0.3, 0.4) is 0 Å². The SMILES string of the molecule is Cc1ccc(N(CCCC(=O)NCC(C)c2ccccc2)S(C)(=O)=O)cc1. The van der Waals surface area contributed by atoms with E-state index in [-0.39, 0.29) is 18.4 Å². The van der Waals surface area contributed by atoms with Crippen LogP contribution in [0.25, 0.3) is 0 Å². The van der Waals surface area contributed by atoms with Crippen molar-refractivity contribution in [3.8, 4) is 0 Å². The molecular weight excluding hydrogens is 360 g/mol. The number of sulfonamides is 1. The number of carbonyl (C=O) groups is 1.